The largest absolute Gasteiger partial charge is 0.444 e. The maximum absolute atomic E-state index is 12.3. The van der Waals surface area contributed by atoms with Gasteiger partial charge in [0, 0.05) is 56.6 Å². The normalized spacial score (nSPS) is 18.7. The highest BCUT2D eigenvalue weighted by atomic mass is 16.6. The number of allylic oxidation sites excluding steroid dienone is 3. The number of nitrogens with zero attached hydrogens (tertiary/aromatic N) is 1. The number of ether oxygens (including phenoxy) is 2. The van der Waals surface area contributed by atoms with E-state index >= 15 is 0 Å². The van der Waals surface area contributed by atoms with Crippen LogP contribution in [0.3, 0.4) is 0 Å². The molecule has 0 aromatic rings. The first-order valence-corrected chi connectivity index (χ1v) is 9.78. The Morgan fingerprint density at radius 2 is 2.00 bits per heavy atom. The number of likely N-dealkylation sites (tertiary alicyclic amines) is 1. The van der Waals surface area contributed by atoms with Gasteiger partial charge >= 0.3 is 6.09 Å². The fraction of sp³-hybridized carbons (Fsp3) is 0.571. The van der Waals surface area contributed by atoms with Crippen molar-refractivity contribution in [3.05, 3.63) is 35.1 Å². The molecule has 1 aliphatic carbocycles. The molecule has 3 N–H and O–H groups in total. The van der Waals surface area contributed by atoms with Crippen molar-refractivity contribution in [2.75, 3.05) is 39.9 Å². The molecule has 0 aromatic carbocycles. The van der Waals surface area contributed by atoms with Crippen molar-refractivity contribution in [1.29, 1.82) is 5.41 Å². The smallest absolute Gasteiger partial charge is 0.410 e. The molecule has 0 aromatic heterocycles. The average Bonchev–Trinajstić information content (AvgIpc) is 2.56. The molecule has 0 atom stereocenters. The molecule has 0 unspecified atom stereocenters. The second kappa shape index (κ2) is 9.73. The van der Waals surface area contributed by atoms with Gasteiger partial charge in [-0.2, -0.15) is 0 Å². The zero-order valence-electron chi connectivity index (χ0n) is 17.9. The molecule has 0 radical (unpaired) electrons. The predicted molar refractivity (Wildman–Crippen MR) is 112 cm³/mol. The molecule has 160 valence electrons. The van der Waals surface area contributed by atoms with E-state index in [9.17, 15) is 9.59 Å². The van der Waals surface area contributed by atoms with Gasteiger partial charge in [0.25, 0.3) is 5.91 Å². The van der Waals surface area contributed by atoms with Crippen LogP contribution in [-0.4, -0.2) is 68.1 Å². The third-order valence-corrected chi connectivity index (χ3v) is 4.51. The Bertz CT molecular complexity index is 740. The summed E-state index contributed by atoms with van der Waals surface area (Å²) in [7, 11) is 1.58. The number of carbonyl (C=O) groups is 2. The average molecular weight is 405 g/mol. The lowest BCUT2D eigenvalue weighted by atomic mass is 9.93. The quantitative estimate of drug-likeness (QED) is 0.563. The monoisotopic (exact) mass is 404 g/mol. The molecule has 1 saturated heterocycles. The van der Waals surface area contributed by atoms with Crippen LogP contribution in [0.2, 0.25) is 0 Å². The highest BCUT2D eigenvalue weighted by Crippen LogP contribution is 2.21. The van der Waals surface area contributed by atoms with E-state index in [2.05, 4.69) is 10.6 Å². The van der Waals surface area contributed by atoms with Gasteiger partial charge in [0.15, 0.2) is 0 Å². The van der Waals surface area contributed by atoms with Crippen molar-refractivity contribution in [2.45, 2.75) is 33.3 Å². The number of hydrogen-bond donors (Lipinski definition) is 3. The van der Waals surface area contributed by atoms with Crippen molar-refractivity contribution < 1.29 is 19.1 Å². The van der Waals surface area contributed by atoms with Crippen LogP contribution in [0.5, 0.6) is 0 Å². The van der Waals surface area contributed by atoms with E-state index in [4.69, 9.17) is 14.9 Å². The van der Waals surface area contributed by atoms with Crippen molar-refractivity contribution in [3.63, 3.8) is 0 Å². The predicted octanol–water partition coefficient (Wildman–Crippen LogP) is 2.00. The van der Waals surface area contributed by atoms with Gasteiger partial charge in [-0.1, -0.05) is 0 Å². The molecule has 0 spiro atoms. The second-order valence-corrected chi connectivity index (χ2v) is 8.31. The van der Waals surface area contributed by atoms with Crippen LogP contribution in [0.4, 0.5) is 4.79 Å². The van der Waals surface area contributed by atoms with Gasteiger partial charge in [0.1, 0.15) is 5.60 Å². The molecule has 8 nitrogen and oxygen atoms in total. The van der Waals surface area contributed by atoms with E-state index < -0.39 is 5.60 Å². The van der Waals surface area contributed by atoms with Crippen molar-refractivity contribution >= 4 is 17.7 Å². The Hall–Kier alpha value is -2.61. The minimum Gasteiger partial charge on any atom is -0.444 e. The molecule has 2 aliphatic rings. The Labute approximate surface area is 172 Å². The SMILES string of the molecule is COCCNC(=O)C1=C/C(=C/NCC2CN(C(=O)OC(C)(C)C)C2)C(=N)C=C1C. The zero-order chi connectivity index (χ0) is 21.6. The Morgan fingerprint density at radius 3 is 2.62 bits per heavy atom. The summed E-state index contributed by atoms with van der Waals surface area (Å²) in [5, 5.41) is 14.2. The number of carbonyl (C=O) groups excluding carboxylic acids is 2. The molecule has 2 rings (SSSR count). The molecule has 29 heavy (non-hydrogen) atoms. The number of rotatable bonds is 7. The summed E-state index contributed by atoms with van der Waals surface area (Å²) < 4.78 is 10.3. The van der Waals surface area contributed by atoms with Gasteiger partial charge in [-0.25, -0.2) is 4.79 Å². The Morgan fingerprint density at radius 1 is 1.31 bits per heavy atom. The van der Waals surface area contributed by atoms with Crippen molar-refractivity contribution in [2.24, 2.45) is 5.92 Å². The number of nitrogens with one attached hydrogen (secondary N) is 3. The summed E-state index contributed by atoms with van der Waals surface area (Å²) in [6, 6.07) is 0. The summed E-state index contributed by atoms with van der Waals surface area (Å²) in [4.78, 5) is 26.0. The molecule has 1 fully saturated rings. The highest BCUT2D eigenvalue weighted by Gasteiger charge is 2.33. The van der Waals surface area contributed by atoms with Crippen LogP contribution in [0, 0.1) is 11.3 Å². The molecule has 1 aliphatic heterocycles. The van der Waals surface area contributed by atoms with Gasteiger partial charge in [0.2, 0.25) is 0 Å². The van der Waals surface area contributed by atoms with Crippen molar-refractivity contribution in [3.8, 4) is 0 Å². The minimum absolute atomic E-state index is 0.179. The van der Waals surface area contributed by atoms with E-state index in [0.717, 1.165) is 5.57 Å². The van der Waals surface area contributed by atoms with Gasteiger partial charge in [-0.05, 0) is 45.4 Å². The lowest BCUT2D eigenvalue weighted by Gasteiger charge is -2.39. The van der Waals surface area contributed by atoms with Crippen LogP contribution in [0.1, 0.15) is 27.7 Å². The van der Waals surface area contributed by atoms with E-state index in [1.54, 1.807) is 30.4 Å². The fourth-order valence-electron chi connectivity index (χ4n) is 2.96. The minimum atomic E-state index is -0.488. The highest BCUT2D eigenvalue weighted by molar-refractivity contribution is 6.14. The maximum atomic E-state index is 12.3. The first kappa shape index (κ1) is 22.7. The summed E-state index contributed by atoms with van der Waals surface area (Å²) in [6.45, 7) is 10.2. The summed E-state index contributed by atoms with van der Waals surface area (Å²) >= 11 is 0. The van der Waals surface area contributed by atoms with Gasteiger partial charge in [-0.3, -0.25) is 4.79 Å². The molecular weight excluding hydrogens is 372 g/mol. The van der Waals surface area contributed by atoms with Gasteiger partial charge in [0.05, 0.1) is 12.3 Å². The Balaban J connectivity index is 1.85. The standard InChI is InChI=1S/C21H32N4O4/c1-14-8-18(22)16(9-17(14)19(26)24-6-7-28-5)11-23-10-15-12-25(13-15)20(27)29-21(2,3)4/h8-9,11,15,22-23H,6-7,10,12-13H2,1-5H3,(H,24,26)/b16-11-,22-18?. The zero-order valence-corrected chi connectivity index (χ0v) is 17.9. The third-order valence-electron chi connectivity index (χ3n) is 4.51. The third kappa shape index (κ3) is 6.74. The van der Waals surface area contributed by atoms with E-state index in [1.165, 1.54) is 0 Å². The first-order chi connectivity index (χ1) is 13.6. The van der Waals surface area contributed by atoms with Crippen LogP contribution in [0.25, 0.3) is 0 Å². The topological polar surface area (TPSA) is 104 Å². The van der Waals surface area contributed by atoms with Crippen LogP contribution in [0.15, 0.2) is 35.1 Å². The Kier molecular flexibility index (Phi) is 7.61. The van der Waals surface area contributed by atoms with E-state index in [-0.39, 0.29) is 12.0 Å². The van der Waals surface area contributed by atoms with Crippen LogP contribution in [-0.2, 0) is 14.3 Å². The lowest BCUT2D eigenvalue weighted by Crippen LogP contribution is -2.54. The van der Waals surface area contributed by atoms with Crippen LogP contribution < -0.4 is 10.6 Å². The maximum Gasteiger partial charge on any atom is 0.410 e. The van der Waals surface area contributed by atoms with Gasteiger partial charge in [-0.15, -0.1) is 0 Å². The number of methoxy groups -OCH3 is 1. The molecule has 2 amide bonds. The second-order valence-electron chi connectivity index (χ2n) is 8.31. The van der Waals surface area contributed by atoms with E-state index in [0.29, 0.717) is 55.6 Å². The molecule has 8 heteroatoms. The number of hydrogen-bond acceptors (Lipinski definition) is 6. The molecular formula is C21H32N4O4. The lowest BCUT2D eigenvalue weighted by molar-refractivity contribution is -0.117. The first-order valence-electron chi connectivity index (χ1n) is 9.78. The number of amides is 2. The fourth-order valence-corrected chi connectivity index (χ4v) is 2.96. The van der Waals surface area contributed by atoms with Crippen molar-refractivity contribution in [1.82, 2.24) is 15.5 Å². The van der Waals surface area contributed by atoms with Crippen LogP contribution >= 0.6 is 0 Å². The molecule has 0 saturated carbocycles. The van der Waals surface area contributed by atoms with Gasteiger partial charge < -0.3 is 30.4 Å². The summed E-state index contributed by atoms with van der Waals surface area (Å²) in [5.74, 6) is 0.149. The molecule has 1 heterocycles. The summed E-state index contributed by atoms with van der Waals surface area (Å²) in [6.07, 6.45) is 4.88. The van der Waals surface area contributed by atoms with E-state index in [1.807, 2.05) is 27.7 Å². The molecule has 0 bridgehead atoms. The summed E-state index contributed by atoms with van der Waals surface area (Å²) in [5.41, 5.74) is 1.82.